The molecule has 34 heavy (non-hydrogen) atoms. The molecule has 2 aliphatic heterocycles. The zero-order valence-corrected chi connectivity index (χ0v) is 19.2. The van der Waals surface area contributed by atoms with Gasteiger partial charge in [-0.3, -0.25) is 9.59 Å². The number of Topliss-reactive ketones (excluding diaryl/α,β-unsaturated/α-hetero) is 1. The third kappa shape index (κ3) is 3.83. The molecule has 0 spiro atoms. The van der Waals surface area contributed by atoms with Gasteiger partial charge >= 0.3 is 0 Å². The van der Waals surface area contributed by atoms with Crippen LogP contribution in [0, 0.1) is 0 Å². The normalized spacial score (nSPS) is 19.1. The monoisotopic (exact) mass is 458 g/mol. The Labute approximate surface area is 197 Å². The van der Waals surface area contributed by atoms with Gasteiger partial charge in [-0.15, -0.1) is 0 Å². The highest BCUT2D eigenvalue weighted by Gasteiger charge is 2.46. The predicted molar refractivity (Wildman–Crippen MR) is 128 cm³/mol. The number of aliphatic hydroxyl groups is 1. The molecule has 1 aromatic heterocycles. The van der Waals surface area contributed by atoms with Crippen molar-refractivity contribution in [2.75, 3.05) is 25.6 Å². The lowest BCUT2D eigenvalue weighted by Gasteiger charge is -2.25. The molecule has 2 aromatic carbocycles. The van der Waals surface area contributed by atoms with Gasteiger partial charge in [0.05, 0.1) is 31.0 Å². The molecular weight excluding hydrogens is 432 g/mol. The summed E-state index contributed by atoms with van der Waals surface area (Å²) in [6.45, 7) is 0.783. The highest BCUT2D eigenvalue weighted by molar-refractivity contribution is 6.46. The van der Waals surface area contributed by atoms with Crippen LogP contribution in [0.2, 0.25) is 0 Å². The van der Waals surface area contributed by atoms with Crippen LogP contribution in [0.4, 0.5) is 5.69 Å². The summed E-state index contributed by atoms with van der Waals surface area (Å²) in [5.41, 5.74) is 3.27. The number of rotatable bonds is 5. The van der Waals surface area contributed by atoms with Crippen LogP contribution in [0.5, 0.6) is 5.75 Å². The molecule has 1 N–H and O–H groups in total. The first-order valence-corrected chi connectivity index (χ1v) is 11.3. The maximum atomic E-state index is 13.2. The quantitative estimate of drug-likeness (QED) is 0.349. The van der Waals surface area contributed by atoms with E-state index in [1.165, 1.54) is 11.2 Å². The Morgan fingerprint density at radius 2 is 1.91 bits per heavy atom. The number of hydrogen-bond acceptors (Lipinski definition) is 6. The smallest absolute Gasteiger partial charge is 0.296 e. The SMILES string of the molecule is CN(C)c1ccc(C2/C(=C(/O)c3ccc4c(c3)CCCO4)C(=O)C(=O)N2Cc2ccco2)cc1. The molecule has 0 bridgehead atoms. The van der Waals surface area contributed by atoms with E-state index in [-0.39, 0.29) is 17.9 Å². The molecule has 174 valence electrons. The number of amides is 1. The van der Waals surface area contributed by atoms with Crippen LogP contribution in [-0.2, 0) is 22.6 Å². The standard InChI is InChI=1S/C27H26N2O5/c1-28(2)20-10-7-17(8-11-20)24-23(26(31)27(32)29(24)16-21-6-4-13-33-21)25(30)19-9-12-22-18(15-19)5-3-14-34-22/h4,6-13,15,24,30H,3,5,14,16H2,1-2H3/b25-23-. The second kappa shape index (κ2) is 8.74. The van der Waals surface area contributed by atoms with Crippen molar-refractivity contribution in [2.24, 2.45) is 0 Å². The molecule has 3 aromatic rings. The minimum atomic E-state index is -0.742. The van der Waals surface area contributed by atoms with Crippen LogP contribution >= 0.6 is 0 Å². The summed E-state index contributed by atoms with van der Waals surface area (Å²) < 4.78 is 11.1. The van der Waals surface area contributed by atoms with Crippen LogP contribution in [0.1, 0.15) is 34.9 Å². The maximum absolute atomic E-state index is 13.2. The largest absolute Gasteiger partial charge is 0.507 e. The number of ketones is 1. The van der Waals surface area contributed by atoms with E-state index in [1.807, 2.05) is 55.4 Å². The number of benzene rings is 2. The number of ether oxygens (including phenoxy) is 1. The van der Waals surface area contributed by atoms with Gasteiger partial charge in [-0.1, -0.05) is 12.1 Å². The van der Waals surface area contributed by atoms with Crippen LogP contribution in [0.3, 0.4) is 0 Å². The Kier molecular flexibility index (Phi) is 5.61. The number of aryl methyl sites for hydroxylation is 1. The van der Waals surface area contributed by atoms with Gasteiger partial charge < -0.3 is 24.1 Å². The number of carbonyl (C=O) groups excluding carboxylic acids is 2. The first kappa shape index (κ1) is 21.8. The van der Waals surface area contributed by atoms with Gasteiger partial charge in [0.2, 0.25) is 0 Å². The molecule has 1 amide bonds. The van der Waals surface area contributed by atoms with Gasteiger partial charge in [-0.2, -0.15) is 0 Å². The number of furan rings is 1. The third-order valence-corrected chi connectivity index (χ3v) is 6.35. The van der Waals surface area contributed by atoms with E-state index in [9.17, 15) is 14.7 Å². The van der Waals surface area contributed by atoms with Gasteiger partial charge in [-0.25, -0.2) is 0 Å². The average molecular weight is 459 g/mol. The fraction of sp³-hybridized carbons (Fsp3) is 0.259. The number of nitrogens with zero attached hydrogens (tertiary/aromatic N) is 2. The second-order valence-electron chi connectivity index (χ2n) is 8.77. The van der Waals surface area contributed by atoms with Crippen LogP contribution in [-0.4, -0.2) is 42.4 Å². The lowest BCUT2D eigenvalue weighted by atomic mass is 9.94. The Morgan fingerprint density at radius 3 is 2.62 bits per heavy atom. The van der Waals surface area contributed by atoms with Crippen molar-refractivity contribution in [3.05, 3.63) is 88.9 Å². The third-order valence-electron chi connectivity index (χ3n) is 6.35. The van der Waals surface area contributed by atoms with E-state index in [1.54, 1.807) is 18.2 Å². The molecule has 2 aliphatic rings. The molecule has 1 unspecified atom stereocenters. The van der Waals surface area contributed by atoms with Crippen molar-refractivity contribution in [1.29, 1.82) is 0 Å². The highest BCUT2D eigenvalue weighted by atomic mass is 16.5. The number of carbonyl (C=O) groups is 2. The first-order valence-electron chi connectivity index (χ1n) is 11.3. The number of aliphatic hydroxyl groups excluding tert-OH is 1. The minimum Gasteiger partial charge on any atom is -0.507 e. The Bertz CT molecular complexity index is 1260. The summed E-state index contributed by atoms with van der Waals surface area (Å²) in [4.78, 5) is 29.8. The van der Waals surface area contributed by atoms with Crippen molar-refractivity contribution in [3.8, 4) is 5.75 Å². The molecule has 1 saturated heterocycles. The average Bonchev–Trinajstić information content (AvgIpc) is 3.46. The molecule has 3 heterocycles. The summed E-state index contributed by atoms with van der Waals surface area (Å²) in [6, 6.07) is 15.8. The Balaban J connectivity index is 1.62. The van der Waals surface area contributed by atoms with Crippen molar-refractivity contribution in [1.82, 2.24) is 4.90 Å². The molecular formula is C27H26N2O5. The van der Waals surface area contributed by atoms with Crippen molar-refractivity contribution >= 4 is 23.1 Å². The summed E-state index contributed by atoms with van der Waals surface area (Å²) in [5.74, 6) is -0.212. The summed E-state index contributed by atoms with van der Waals surface area (Å²) in [7, 11) is 3.88. The van der Waals surface area contributed by atoms with E-state index >= 15 is 0 Å². The first-order chi connectivity index (χ1) is 16.4. The fourth-order valence-corrected chi connectivity index (χ4v) is 4.58. The fourth-order valence-electron chi connectivity index (χ4n) is 4.58. The van der Waals surface area contributed by atoms with Crippen molar-refractivity contribution in [3.63, 3.8) is 0 Å². The van der Waals surface area contributed by atoms with Gasteiger partial charge in [0, 0.05) is 25.3 Å². The van der Waals surface area contributed by atoms with E-state index in [0.29, 0.717) is 17.9 Å². The van der Waals surface area contributed by atoms with E-state index in [4.69, 9.17) is 9.15 Å². The lowest BCUT2D eigenvalue weighted by molar-refractivity contribution is -0.140. The Hall–Kier alpha value is -4.00. The zero-order chi connectivity index (χ0) is 23.8. The van der Waals surface area contributed by atoms with Crippen molar-refractivity contribution in [2.45, 2.75) is 25.4 Å². The molecule has 1 fully saturated rings. The van der Waals surface area contributed by atoms with Gasteiger partial charge in [0.25, 0.3) is 11.7 Å². The molecule has 0 aliphatic carbocycles. The van der Waals surface area contributed by atoms with Gasteiger partial charge in [0.1, 0.15) is 17.3 Å². The molecule has 1 atom stereocenters. The Morgan fingerprint density at radius 1 is 1.12 bits per heavy atom. The topological polar surface area (TPSA) is 83.2 Å². The second-order valence-corrected chi connectivity index (χ2v) is 8.77. The van der Waals surface area contributed by atoms with E-state index in [2.05, 4.69) is 0 Å². The maximum Gasteiger partial charge on any atom is 0.296 e. The van der Waals surface area contributed by atoms with Gasteiger partial charge in [0.15, 0.2) is 0 Å². The van der Waals surface area contributed by atoms with Crippen LogP contribution in [0.25, 0.3) is 5.76 Å². The van der Waals surface area contributed by atoms with Gasteiger partial charge in [-0.05, 0) is 66.4 Å². The predicted octanol–water partition coefficient (Wildman–Crippen LogP) is 4.29. The van der Waals surface area contributed by atoms with E-state index < -0.39 is 17.7 Å². The number of fused-ring (bicyclic) bond motifs is 1. The van der Waals surface area contributed by atoms with Crippen LogP contribution in [0.15, 0.2) is 70.9 Å². The number of likely N-dealkylation sites (tertiary alicyclic amines) is 1. The van der Waals surface area contributed by atoms with Crippen molar-refractivity contribution < 1.29 is 23.8 Å². The molecule has 0 radical (unpaired) electrons. The molecule has 7 nitrogen and oxygen atoms in total. The summed E-state index contributed by atoms with van der Waals surface area (Å²) >= 11 is 0. The zero-order valence-electron chi connectivity index (χ0n) is 19.2. The summed E-state index contributed by atoms with van der Waals surface area (Å²) in [6.07, 6.45) is 3.25. The molecule has 0 saturated carbocycles. The minimum absolute atomic E-state index is 0.0748. The number of anilines is 1. The lowest BCUT2D eigenvalue weighted by Crippen LogP contribution is -2.29. The summed E-state index contributed by atoms with van der Waals surface area (Å²) in [5, 5.41) is 11.3. The highest BCUT2D eigenvalue weighted by Crippen LogP contribution is 2.41. The van der Waals surface area contributed by atoms with E-state index in [0.717, 1.165) is 35.4 Å². The molecule has 5 rings (SSSR count). The number of hydrogen-bond donors (Lipinski definition) is 1. The van der Waals surface area contributed by atoms with Crippen LogP contribution < -0.4 is 9.64 Å². The molecule has 7 heteroatoms.